The smallest absolute Gasteiger partial charge is 0.0892 e. The minimum Gasteiger partial charge on any atom is -0.312 e. The van der Waals surface area contributed by atoms with Crippen LogP contribution in [-0.4, -0.2) is 22.9 Å². The minimum atomic E-state index is 0.955. The predicted octanol–water partition coefficient (Wildman–Crippen LogP) is 0.797. The Labute approximate surface area is 72.1 Å². The molecule has 1 aliphatic rings. The van der Waals surface area contributed by atoms with E-state index in [0.717, 1.165) is 25.2 Å². The average Bonchev–Trinajstić information content (AvgIpc) is 2.54. The quantitative estimate of drug-likeness (QED) is 0.663. The van der Waals surface area contributed by atoms with E-state index in [9.17, 15) is 0 Å². The van der Waals surface area contributed by atoms with Gasteiger partial charge in [-0.3, -0.25) is 4.68 Å². The van der Waals surface area contributed by atoms with Crippen LogP contribution in [0.5, 0.6) is 0 Å². The van der Waals surface area contributed by atoms with Crippen LogP contribution in [0.3, 0.4) is 0 Å². The molecule has 0 spiro atoms. The molecule has 0 fully saturated rings. The lowest BCUT2D eigenvalue weighted by Gasteiger charge is -2.11. The first-order valence-electron chi connectivity index (χ1n) is 4.26. The van der Waals surface area contributed by atoms with Gasteiger partial charge in [0.25, 0.3) is 0 Å². The molecule has 0 saturated carbocycles. The number of rotatable bonds is 1. The summed E-state index contributed by atoms with van der Waals surface area (Å²) >= 11 is 0. The fourth-order valence-corrected chi connectivity index (χ4v) is 1.43. The highest BCUT2D eigenvalue weighted by atomic mass is 15.2. The summed E-state index contributed by atoms with van der Waals surface area (Å²) in [4.78, 5) is 0. The van der Waals surface area contributed by atoms with Crippen molar-refractivity contribution in [1.82, 2.24) is 15.1 Å². The second kappa shape index (κ2) is 3.11. The van der Waals surface area contributed by atoms with Gasteiger partial charge in [-0.15, -0.1) is 0 Å². The molecule has 3 nitrogen and oxygen atoms in total. The molecule has 2 rings (SSSR count). The molecule has 3 heteroatoms. The van der Waals surface area contributed by atoms with Crippen molar-refractivity contribution in [3.05, 3.63) is 24.0 Å². The van der Waals surface area contributed by atoms with Gasteiger partial charge in [0, 0.05) is 19.8 Å². The van der Waals surface area contributed by atoms with Crippen molar-refractivity contribution >= 4 is 5.57 Å². The second-order valence-electron chi connectivity index (χ2n) is 3.07. The number of hydrogen-bond acceptors (Lipinski definition) is 2. The number of aryl methyl sites for hydroxylation is 1. The average molecular weight is 163 g/mol. The van der Waals surface area contributed by atoms with E-state index < -0.39 is 0 Å². The zero-order chi connectivity index (χ0) is 8.39. The van der Waals surface area contributed by atoms with Crippen LogP contribution in [0, 0.1) is 0 Å². The first-order valence-corrected chi connectivity index (χ1v) is 4.26. The van der Waals surface area contributed by atoms with Crippen LogP contribution in [0.15, 0.2) is 18.3 Å². The van der Waals surface area contributed by atoms with Gasteiger partial charge < -0.3 is 5.32 Å². The number of aromatic nitrogens is 2. The summed E-state index contributed by atoms with van der Waals surface area (Å²) in [6.07, 6.45) is 5.36. The Bertz CT molecular complexity index is 298. The van der Waals surface area contributed by atoms with Crippen LogP contribution in [0.1, 0.15) is 12.1 Å². The van der Waals surface area contributed by atoms with E-state index in [2.05, 4.69) is 22.6 Å². The molecular weight excluding hydrogens is 150 g/mol. The molecular formula is C9H13N3. The largest absolute Gasteiger partial charge is 0.312 e. The van der Waals surface area contributed by atoms with Gasteiger partial charge in [-0.05, 0) is 24.6 Å². The fourth-order valence-electron chi connectivity index (χ4n) is 1.43. The third-order valence-electron chi connectivity index (χ3n) is 2.07. The third kappa shape index (κ3) is 1.41. The van der Waals surface area contributed by atoms with Gasteiger partial charge in [0.15, 0.2) is 0 Å². The summed E-state index contributed by atoms with van der Waals surface area (Å²) < 4.78 is 1.84. The number of hydrogen-bond donors (Lipinski definition) is 1. The van der Waals surface area contributed by atoms with Gasteiger partial charge in [-0.25, -0.2) is 0 Å². The molecule has 12 heavy (non-hydrogen) atoms. The van der Waals surface area contributed by atoms with Crippen molar-refractivity contribution in [2.75, 3.05) is 13.1 Å². The molecule has 0 saturated heterocycles. The van der Waals surface area contributed by atoms with Crippen molar-refractivity contribution < 1.29 is 0 Å². The van der Waals surface area contributed by atoms with Gasteiger partial charge in [-0.1, -0.05) is 6.08 Å². The molecule has 64 valence electrons. The Morgan fingerprint density at radius 1 is 1.58 bits per heavy atom. The Kier molecular flexibility index (Phi) is 1.96. The van der Waals surface area contributed by atoms with Gasteiger partial charge >= 0.3 is 0 Å². The standard InChI is InChI=1S/C9H13N3/c1-12-6-4-9(11-12)8-3-2-5-10-7-8/h3-4,6,10H,2,5,7H2,1H3. The van der Waals surface area contributed by atoms with Crippen molar-refractivity contribution in [2.45, 2.75) is 6.42 Å². The summed E-state index contributed by atoms with van der Waals surface area (Å²) in [5.74, 6) is 0. The van der Waals surface area contributed by atoms with Crippen LogP contribution < -0.4 is 5.32 Å². The molecule has 0 unspecified atom stereocenters. The Balaban J connectivity index is 2.23. The molecule has 0 radical (unpaired) electrons. The summed E-state index contributed by atoms with van der Waals surface area (Å²) in [6.45, 7) is 2.05. The third-order valence-corrected chi connectivity index (χ3v) is 2.07. The molecule has 0 bridgehead atoms. The number of nitrogens with one attached hydrogen (secondary N) is 1. The van der Waals surface area contributed by atoms with Gasteiger partial charge in [0.1, 0.15) is 0 Å². The van der Waals surface area contributed by atoms with Crippen LogP contribution in [0.2, 0.25) is 0 Å². The minimum absolute atomic E-state index is 0.955. The van der Waals surface area contributed by atoms with E-state index in [4.69, 9.17) is 0 Å². The van der Waals surface area contributed by atoms with Crippen molar-refractivity contribution in [3.8, 4) is 0 Å². The monoisotopic (exact) mass is 163 g/mol. The lowest BCUT2D eigenvalue weighted by atomic mass is 10.1. The highest BCUT2D eigenvalue weighted by molar-refractivity contribution is 5.64. The zero-order valence-corrected chi connectivity index (χ0v) is 7.25. The van der Waals surface area contributed by atoms with Crippen molar-refractivity contribution in [3.63, 3.8) is 0 Å². The highest BCUT2D eigenvalue weighted by Crippen LogP contribution is 2.13. The molecule has 0 atom stereocenters. The Morgan fingerprint density at radius 2 is 2.50 bits per heavy atom. The van der Waals surface area contributed by atoms with E-state index in [-0.39, 0.29) is 0 Å². The molecule has 2 heterocycles. The topological polar surface area (TPSA) is 29.9 Å². The maximum Gasteiger partial charge on any atom is 0.0892 e. The molecule has 1 aliphatic heterocycles. The van der Waals surface area contributed by atoms with Gasteiger partial charge in [-0.2, -0.15) is 5.10 Å². The van der Waals surface area contributed by atoms with E-state index >= 15 is 0 Å². The van der Waals surface area contributed by atoms with E-state index in [0.29, 0.717) is 0 Å². The second-order valence-corrected chi connectivity index (χ2v) is 3.07. The summed E-state index contributed by atoms with van der Waals surface area (Å²) in [7, 11) is 1.94. The molecule has 0 amide bonds. The molecule has 0 aromatic carbocycles. The fraction of sp³-hybridized carbons (Fsp3) is 0.444. The number of nitrogens with zero attached hydrogens (tertiary/aromatic N) is 2. The van der Waals surface area contributed by atoms with E-state index in [1.165, 1.54) is 5.57 Å². The van der Waals surface area contributed by atoms with Crippen LogP contribution in [-0.2, 0) is 7.05 Å². The molecule has 1 N–H and O–H groups in total. The van der Waals surface area contributed by atoms with E-state index in [1.54, 1.807) is 0 Å². The molecule has 1 aromatic heterocycles. The van der Waals surface area contributed by atoms with Crippen LogP contribution in [0.4, 0.5) is 0 Å². The lowest BCUT2D eigenvalue weighted by molar-refractivity contribution is 0.726. The maximum absolute atomic E-state index is 4.34. The van der Waals surface area contributed by atoms with Crippen LogP contribution >= 0.6 is 0 Å². The van der Waals surface area contributed by atoms with E-state index in [1.807, 2.05) is 17.9 Å². The normalized spacial score (nSPS) is 17.6. The Hall–Kier alpha value is -1.09. The lowest BCUT2D eigenvalue weighted by Crippen LogP contribution is -2.21. The van der Waals surface area contributed by atoms with Gasteiger partial charge in [0.2, 0.25) is 0 Å². The maximum atomic E-state index is 4.34. The SMILES string of the molecule is Cn1ccc(C2=CCCNC2)n1. The van der Waals surface area contributed by atoms with Crippen molar-refractivity contribution in [2.24, 2.45) is 7.05 Å². The first kappa shape index (κ1) is 7.55. The predicted molar refractivity (Wildman–Crippen MR) is 48.7 cm³/mol. The Morgan fingerprint density at radius 3 is 3.08 bits per heavy atom. The summed E-state index contributed by atoms with van der Waals surface area (Å²) in [6, 6.07) is 2.05. The zero-order valence-electron chi connectivity index (χ0n) is 7.25. The van der Waals surface area contributed by atoms with Crippen LogP contribution in [0.25, 0.3) is 5.57 Å². The van der Waals surface area contributed by atoms with Crippen molar-refractivity contribution in [1.29, 1.82) is 0 Å². The highest BCUT2D eigenvalue weighted by Gasteiger charge is 2.06. The molecule has 0 aliphatic carbocycles. The summed E-state index contributed by atoms with van der Waals surface area (Å²) in [5.41, 5.74) is 2.42. The van der Waals surface area contributed by atoms with Gasteiger partial charge in [0.05, 0.1) is 5.69 Å². The molecule has 1 aromatic rings. The summed E-state index contributed by atoms with van der Waals surface area (Å²) in [5, 5.41) is 7.67. The first-order chi connectivity index (χ1) is 5.86.